The van der Waals surface area contributed by atoms with Crippen LogP contribution >= 0.6 is 22.9 Å². The number of carbonyl (C=O) groups is 2. The first kappa shape index (κ1) is 19.1. The molecule has 7 heteroatoms. The van der Waals surface area contributed by atoms with Crippen molar-refractivity contribution in [3.05, 3.63) is 94.1 Å². The molecule has 2 amide bonds. The summed E-state index contributed by atoms with van der Waals surface area (Å²) in [6.07, 6.45) is 0. The van der Waals surface area contributed by atoms with Crippen LogP contribution in [-0.4, -0.2) is 11.8 Å². The number of rotatable bonds is 4. The van der Waals surface area contributed by atoms with Crippen LogP contribution in [0.5, 0.6) is 0 Å². The topological polar surface area (TPSA) is 58.2 Å². The molecule has 0 saturated carbocycles. The predicted octanol–water partition coefficient (Wildman–Crippen LogP) is 6.20. The second-order valence-electron chi connectivity index (χ2n) is 6.23. The average molecular weight is 425 g/mol. The second-order valence-corrected chi connectivity index (χ2v) is 7.66. The summed E-state index contributed by atoms with van der Waals surface area (Å²) in [5.74, 6) is -1.01. The monoisotopic (exact) mass is 424 g/mol. The highest BCUT2D eigenvalue weighted by Crippen LogP contribution is 2.35. The summed E-state index contributed by atoms with van der Waals surface area (Å²) in [6.45, 7) is 0. The molecule has 0 saturated heterocycles. The van der Waals surface area contributed by atoms with Crippen LogP contribution in [0.15, 0.2) is 72.8 Å². The zero-order valence-electron chi connectivity index (χ0n) is 14.9. The van der Waals surface area contributed by atoms with Crippen molar-refractivity contribution in [2.24, 2.45) is 0 Å². The lowest BCUT2D eigenvalue weighted by Crippen LogP contribution is -2.13. The van der Waals surface area contributed by atoms with Gasteiger partial charge in [-0.1, -0.05) is 29.8 Å². The number of nitrogens with one attached hydrogen (secondary N) is 2. The Hall–Kier alpha value is -3.22. The fraction of sp³-hybridized carbons (Fsp3) is 0. The zero-order chi connectivity index (χ0) is 20.4. The molecular formula is C22H14ClFN2O2S. The number of hydrogen-bond donors (Lipinski definition) is 2. The molecule has 29 heavy (non-hydrogen) atoms. The van der Waals surface area contributed by atoms with Crippen molar-refractivity contribution in [2.75, 3.05) is 10.6 Å². The molecule has 0 aliphatic rings. The molecule has 0 aliphatic carbocycles. The highest BCUT2D eigenvalue weighted by Gasteiger charge is 2.17. The van der Waals surface area contributed by atoms with Crippen molar-refractivity contribution in [1.82, 2.24) is 0 Å². The molecule has 144 valence electrons. The highest BCUT2D eigenvalue weighted by atomic mass is 35.5. The SMILES string of the molecule is O=C(Nc1ccc(F)cc1)c1ccc(NC(=O)c2sc3ccccc3c2Cl)cc1. The minimum absolute atomic E-state index is 0.306. The summed E-state index contributed by atoms with van der Waals surface area (Å²) in [7, 11) is 0. The first-order valence-corrected chi connectivity index (χ1v) is 9.86. The van der Waals surface area contributed by atoms with Crippen molar-refractivity contribution in [2.45, 2.75) is 0 Å². The summed E-state index contributed by atoms with van der Waals surface area (Å²) in [5, 5.41) is 6.75. The first-order valence-electron chi connectivity index (χ1n) is 8.66. The first-order chi connectivity index (χ1) is 14.0. The van der Waals surface area contributed by atoms with E-state index in [2.05, 4.69) is 10.6 Å². The van der Waals surface area contributed by atoms with E-state index in [4.69, 9.17) is 11.6 Å². The van der Waals surface area contributed by atoms with Crippen LogP contribution in [-0.2, 0) is 0 Å². The van der Waals surface area contributed by atoms with E-state index in [0.29, 0.717) is 26.8 Å². The Kier molecular flexibility index (Phi) is 5.29. The van der Waals surface area contributed by atoms with Gasteiger partial charge in [0.15, 0.2) is 0 Å². The minimum atomic E-state index is -0.373. The number of carbonyl (C=O) groups excluding carboxylic acids is 2. The Morgan fingerprint density at radius 3 is 2.03 bits per heavy atom. The Morgan fingerprint density at radius 1 is 0.793 bits per heavy atom. The van der Waals surface area contributed by atoms with Gasteiger partial charge in [-0.15, -0.1) is 11.3 Å². The molecule has 4 aromatic rings. The smallest absolute Gasteiger partial charge is 0.267 e. The molecule has 0 atom stereocenters. The second kappa shape index (κ2) is 8.03. The highest BCUT2D eigenvalue weighted by molar-refractivity contribution is 7.21. The number of hydrogen-bond acceptors (Lipinski definition) is 3. The van der Waals surface area contributed by atoms with Crippen molar-refractivity contribution >= 4 is 56.2 Å². The van der Waals surface area contributed by atoms with Gasteiger partial charge in [0.2, 0.25) is 0 Å². The molecule has 1 heterocycles. The molecule has 4 rings (SSSR count). The van der Waals surface area contributed by atoms with E-state index in [1.807, 2.05) is 24.3 Å². The van der Waals surface area contributed by atoms with E-state index in [-0.39, 0.29) is 17.6 Å². The van der Waals surface area contributed by atoms with E-state index in [0.717, 1.165) is 10.1 Å². The van der Waals surface area contributed by atoms with Crippen molar-refractivity contribution in [1.29, 1.82) is 0 Å². The third-order valence-electron chi connectivity index (χ3n) is 4.25. The molecule has 0 fully saturated rings. The third-order valence-corrected chi connectivity index (χ3v) is 5.92. The van der Waals surface area contributed by atoms with Gasteiger partial charge in [-0.3, -0.25) is 9.59 Å². The maximum Gasteiger partial charge on any atom is 0.267 e. The van der Waals surface area contributed by atoms with Crippen LogP contribution in [0.25, 0.3) is 10.1 Å². The molecule has 0 bridgehead atoms. The Bertz CT molecular complexity index is 1200. The molecule has 1 aromatic heterocycles. The predicted molar refractivity (Wildman–Crippen MR) is 116 cm³/mol. The summed E-state index contributed by atoms with van der Waals surface area (Å²) in [6, 6.07) is 19.5. The van der Waals surface area contributed by atoms with E-state index >= 15 is 0 Å². The van der Waals surface area contributed by atoms with Crippen LogP contribution in [0, 0.1) is 5.82 Å². The molecule has 3 aromatic carbocycles. The number of amides is 2. The van der Waals surface area contributed by atoms with E-state index in [9.17, 15) is 14.0 Å². The van der Waals surface area contributed by atoms with E-state index in [1.54, 1.807) is 24.3 Å². The quantitative estimate of drug-likeness (QED) is 0.410. The largest absolute Gasteiger partial charge is 0.322 e. The normalized spacial score (nSPS) is 10.7. The summed E-state index contributed by atoms with van der Waals surface area (Å²) in [4.78, 5) is 25.3. The molecule has 2 N–H and O–H groups in total. The Labute approximate surface area is 174 Å². The molecule has 0 aliphatic heterocycles. The summed E-state index contributed by atoms with van der Waals surface area (Å²) >= 11 is 7.67. The van der Waals surface area contributed by atoms with Crippen LogP contribution in [0.1, 0.15) is 20.0 Å². The van der Waals surface area contributed by atoms with Crippen molar-refractivity contribution in [3.63, 3.8) is 0 Å². The molecule has 4 nitrogen and oxygen atoms in total. The number of thiophene rings is 1. The number of halogens is 2. The van der Waals surface area contributed by atoms with E-state index in [1.165, 1.54) is 35.6 Å². The molecule has 0 radical (unpaired) electrons. The lowest BCUT2D eigenvalue weighted by Gasteiger charge is -2.07. The maximum atomic E-state index is 12.9. The van der Waals surface area contributed by atoms with Gasteiger partial charge in [0.05, 0.1) is 5.02 Å². The van der Waals surface area contributed by atoms with Gasteiger partial charge >= 0.3 is 0 Å². The van der Waals surface area contributed by atoms with Crippen molar-refractivity contribution < 1.29 is 14.0 Å². The number of benzene rings is 3. The van der Waals surface area contributed by atoms with Crippen LogP contribution in [0.4, 0.5) is 15.8 Å². The van der Waals surface area contributed by atoms with Gasteiger partial charge in [0, 0.05) is 27.0 Å². The number of anilines is 2. The number of fused-ring (bicyclic) bond motifs is 1. The average Bonchev–Trinajstić information content (AvgIpc) is 3.07. The lowest BCUT2D eigenvalue weighted by atomic mass is 10.2. The van der Waals surface area contributed by atoms with E-state index < -0.39 is 0 Å². The maximum absolute atomic E-state index is 12.9. The van der Waals surface area contributed by atoms with Gasteiger partial charge in [-0.05, 0) is 54.6 Å². The van der Waals surface area contributed by atoms with Crippen LogP contribution < -0.4 is 10.6 Å². The van der Waals surface area contributed by atoms with Crippen LogP contribution in [0.2, 0.25) is 5.02 Å². The summed E-state index contributed by atoms with van der Waals surface area (Å²) in [5.41, 5.74) is 1.45. The van der Waals surface area contributed by atoms with Gasteiger partial charge in [-0.2, -0.15) is 0 Å². The molecule has 0 spiro atoms. The minimum Gasteiger partial charge on any atom is -0.322 e. The van der Waals surface area contributed by atoms with Gasteiger partial charge < -0.3 is 10.6 Å². The zero-order valence-corrected chi connectivity index (χ0v) is 16.5. The van der Waals surface area contributed by atoms with Gasteiger partial charge in [-0.25, -0.2) is 4.39 Å². The lowest BCUT2D eigenvalue weighted by molar-refractivity contribution is 0.102. The Morgan fingerprint density at radius 2 is 1.38 bits per heavy atom. The molecular weight excluding hydrogens is 411 g/mol. The van der Waals surface area contributed by atoms with Crippen LogP contribution in [0.3, 0.4) is 0 Å². The van der Waals surface area contributed by atoms with Gasteiger partial charge in [0.25, 0.3) is 11.8 Å². The Balaban J connectivity index is 1.46. The summed E-state index contributed by atoms with van der Waals surface area (Å²) < 4.78 is 13.9. The third kappa shape index (κ3) is 4.13. The van der Waals surface area contributed by atoms with Gasteiger partial charge in [0.1, 0.15) is 10.7 Å². The standard InChI is InChI=1S/C22H14ClFN2O2S/c23-19-17-3-1-2-4-18(17)29-20(19)22(28)26-15-9-5-13(6-10-15)21(27)25-16-11-7-14(24)8-12-16/h1-12H,(H,25,27)(H,26,28). The molecule has 0 unspecified atom stereocenters. The fourth-order valence-electron chi connectivity index (χ4n) is 2.79. The fourth-order valence-corrected chi connectivity index (χ4v) is 4.20. The van der Waals surface area contributed by atoms with Crippen molar-refractivity contribution in [3.8, 4) is 0 Å².